The minimum Gasteiger partial charge on any atom is -0.314 e. The Morgan fingerprint density at radius 3 is 2.10 bits per heavy atom. The van der Waals surface area contributed by atoms with Gasteiger partial charge in [0.1, 0.15) is 0 Å². The van der Waals surface area contributed by atoms with E-state index in [1.807, 2.05) is 0 Å². The normalized spacial score (nSPS) is 17.6. The van der Waals surface area contributed by atoms with Gasteiger partial charge in [-0.15, -0.1) is 24.8 Å². The number of piperazine rings is 1. The van der Waals surface area contributed by atoms with Crippen LogP contribution >= 0.6 is 24.8 Å². The third-order valence-corrected chi connectivity index (χ3v) is 3.60. The van der Waals surface area contributed by atoms with Crippen LogP contribution in [0, 0.1) is 17.0 Å². The molecule has 1 atom stereocenters. The lowest BCUT2D eigenvalue weighted by Crippen LogP contribution is -2.48. The largest absolute Gasteiger partial charge is 0.314 e. The van der Waals surface area contributed by atoms with Crippen LogP contribution in [0.5, 0.6) is 0 Å². The predicted molar refractivity (Wildman–Crippen MR) is 87.5 cm³/mol. The third-order valence-electron chi connectivity index (χ3n) is 3.60. The average molecular weight is 341 g/mol. The summed E-state index contributed by atoms with van der Waals surface area (Å²) < 4.78 is 26.6. The fraction of sp³-hybridized carbons (Fsp3) is 0.600. The van der Waals surface area contributed by atoms with Gasteiger partial charge in [-0.25, -0.2) is 8.78 Å². The molecule has 1 aromatic carbocycles. The highest BCUT2D eigenvalue weighted by Gasteiger charge is 2.32. The van der Waals surface area contributed by atoms with Crippen LogP contribution in [-0.4, -0.2) is 31.1 Å². The van der Waals surface area contributed by atoms with Crippen molar-refractivity contribution in [3.63, 3.8) is 0 Å². The van der Waals surface area contributed by atoms with Crippen LogP contribution in [-0.2, 0) is 0 Å². The summed E-state index contributed by atoms with van der Waals surface area (Å²) in [7, 11) is 0. The molecule has 0 radical (unpaired) electrons. The molecule has 1 fully saturated rings. The van der Waals surface area contributed by atoms with Crippen molar-refractivity contribution in [2.45, 2.75) is 26.8 Å². The minimum atomic E-state index is -0.781. The molecule has 0 amide bonds. The Morgan fingerprint density at radius 1 is 1.05 bits per heavy atom. The molecule has 1 saturated heterocycles. The van der Waals surface area contributed by atoms with Crippen LogP contribution in [0.25, 0.3) is 0 Å². The van der Waals surface area contributed by atoms with Crippen molar-refractivity contribution in [1.82, 2.24) is 10.2 Å². The summed E-state index contributed by atoms with van der Waals surface area (Å²) in [4.78, 5) is 2.35. The molecule has 0 aliphatic carbocycles. The fourth-order valence-electron chi connectivity index (χ4n) is 2.88. The zero-order valence-electron chi connectivity index (χ0n) is 12.7. The molecule has 2 nitrogen and oxygen atoms in total. The zero-order valence-corrected chi connectivity index (χ0v) is 14.3. The smallest absolute Gasteiger partial charge is 0.159 e. The molecule has 122 valence electrons. The van der Waals surface area contributed by atoms with E-state index in [9.17, 15) is 8.78 Å². The first-order valence-electron chi connectivity index (χ1n) is 6.79. The van der Waals surface area contributed by atoms with Crippen molar-refractivity contribution in [1.29, 1.82) is 0 Å². The Morgan fingerprint density at radius 2 is 1.62 bits per heavy atom. The van der Waals surface area contributed by atoms with E-state index in [-0.39, 0.29) is 36.3 Å². The molecular weight excluding hydrogens is 317 g/mol. The Kier molecular flexibility index (Phi) is 8.11. The highest BCUT2D eigenvalue weighted by Crippen LogP contribution is 2.38. The van der Waals surface area contributed by atoms with Gasteiger partial charge in [0.15, 0.2) is 11.6 Å². The van der Waals surface area contributed by atoms with E-state index in [1.165, 1.54) is 12.1 Å². The molecule has 2 rings (SSSR count). The maximum atomic E-state index is 13.5. The van der Waals surface area contributed by atoms with E-state index in [2.05, 4.69) is 31.0 Å². The lowest BCUT2D eigenvalue weighted by Gasteiger charge is -2.42. The maximum Gasteiger partial charge on any atom is 0.159 e. The predicted octanol–water partition coefficient (Wildman–Crippen LogP) is 3.80. The van der Waals surface area contributed by atoms with Crippen molar-refractivity contribution < 1.29 is 8.78 Å². The molecule has 0 saturated carbocycles. The lowest BCUT2D eigenvalue weighted by molar-refractivity contribution is 0.0859. The van der Waals surface area contributed by atoms with Crippen molar-refractivity contribution in [3.8, 4) is 0 Å². The van der Waals surface area contributed by atoms with Crippen LogP contribution in [0.4, 0.5) is 8.78 Å². The first-order chi connectivity index (χ1) is 8.89. The Labute approximate surface area is 138 Å². The average Bonchev–Trinajstić information content (AvgIpc) is 2.34. The summed E-state index contributed by atoms with van der Waals surface area (Å²) in [6.07, 6.45) is 0. The first-order valence-corrected chi connectivity index (χ1v) is 6.79. The van der Waals surface area contributed by atoms with Gasteiger partial charge in [0, 0.05) is 32.2 Å². The maximum absolute atomic E-state index is 13.5. The number of nitrogens with zero attached hydrogens (tertiary/aromatic N) is 1. The summed E-state index contributed by atoms with van der Waals surface area (Å²) in [6.45, 7) is 10.2. The SMILES string of the molecule is CC(C)(C)[C@H](c1ccc(F)c(F)c1)N1CCNCC1.Cl.Cl. The van der Waals surface area contributed by atoms with E-state index in [4.69, 9.17) is 0 Å². The third kappa shape index (κ3) is 5.06. The summed E-state index contributed by atoms with van der Waals surface area (Å²) in [6, 6.07) is 4.37. The number of halogens is 4. The molecule has 1 heterocycles. The highest BCUT2D eigenvalue weighted by molar-refractivity contribution is 5.85. The van der Waals surface area contributed by atoms with Gasteiger partial charge in [-0.1, -0.05) is 26.8 Å². The van der Waals surface area contributed by atoms with Gasteiger partial charge in [-0.2, -0.15) is 0 Å². The van der Waals surface area contributed by atoms with Crippen LogP contribution < -0.4 is 5.32 Å². The zero-order chi connectivity index (χ0) is 14.0. The second-order valence-corrected chi connectivity index (χ2v) is 6.23. The molecule has 0 bridgehead atoms. The fourth-order valence-corrected chi connectivity index (χ4v) is 2.88. The number of hydrogen-bond acceptors (Lipinski definition) is 2. The molecule has 21 heavy (non-hydrogen) atoms. The quantitative estimate of drug-likeness (QED) is 0.880. The van der Waals surface area contributed by atoms with E-state index < -0.39 is 11.6 Å². The lowest BCUT2D eigenvalue weighted by atomic mass is 9.81. The number of hydrogen-bond donors (Lipinski definition) is 1. The van der Waals surface area contributed by atoms with E-state index in [0.717, 1.165) is 31.7 Å². The van der Waals surface area contributed by atoms with Gasteiger partial charge in [0.2, 0.25) is 0 Å². The Bertz CT molecular complexity index is 444. The highest BCUT2D eigenvalue weighted by atomic mass is 35.5. The van der Waals surface area contributed by atoms with Crippen LogP contribution in [0.1, 0.15) is 32.4 Å². The van der Waals surface area contributed by atoms with Crippen molar-refractivity contribution in [3.05, 3.63) is 35.4 Å². The first kappa shape index (κ1) is 20.6. The van der Waals surface area contributed by atoms with Gasteiger partial charge < -0.3 is 5.32 Å². The number of rotatable bonds is 2. The molecule has 0 spiro atoms. The topological polar surface area (TPSA) is 15.3 Å². The summed E-state index contributed by atoms with van der Waals surface area (Å²) in [5.74, 6) is -1.54. The van der Waals surface area contributed by atoms with Crippen molar-refractivity contribution >= 4 is 24.8 Å². The van der Waals surface area contributed by atoms with Gasteiger partial charge >= 0.3 is 0 Å². The van der Waals surface area contributed by atoms with Crippen LogP contribution in [0.2, 0.25) is 0 Å². The van der Waals surface area contributed by atoms with Gasteiger partial charge in [0.05, 0.1) is 0 Å². The van der Waals surface area contributed by atoms with Gasteiger partial charge in [0.25, 0.3) is 0 Å². The second-order valence-electron chi connectivity index (χ2n) is 6.23. The molecule has 6 heteroatoms. The van der Waals surface area contributed by atoms with E-state index >= 15 is 0 Å². The molecular formula is C15H24Cl2F2N2. The second kappa shape index (κ2) is 8.28. The van der Waals surface area contributed by atoms with E-state index in [0.29, 0.717) is 0 Å². The Balaban J connectivity index is 0.00000200. The van der Waals surface area contributed by atoms with Crippen molar-refractivity contribution in [2.75, 3.05) is 26.2 Å². The molecule has 1 aliphatic heterocycles. The van der Waals surface area contributed by atoms with Crippen LogP contribution in [0.15, 0.2) is 18.2 Å². The Hall–Kier alpha value is -0.420. The van der Waals surface area contributed by atoms with Crippen molar-refractivity contribution in [2.24, 2.45) is 5.41 Å². The summed E-state index contributed by atoms with van der Waals surface area (Å²) in [5.41, 5.74) is 0.829. The van der Waals surface area contributed by atoms with Gasteiger partial charge in [-0.3, -0.25) is 4.90 Å². The number of benzene rings is 1. The molecule has 0 aromatic heterocycles. The summed E-state index contributed by atoms with van der Waals surface area (Å²) >= 11 is 0. The standard InChI is InChI=1S/C15H22F2N2.2ClH/c1-15(2,3)14(19-8-6-18-7-9-19)11-4-5-12(16)13(17)10-11;;/h4-5,10,14,18H,6-9H2,1-3H3;2*1H/t14-;;/m0../s1. The number of nitrogens with one attached hydrogen (secondary N) is 1. The van der Waals surface area contributed by atoms with E-state index in [1.54, 1.807) is 6.07 Å². The molecule has 1 aliphatic rings. The minimum absolute atomic E-state index is 0. The van der Waals surface area contributed by atoms with Crippen LogP contribution in [0.3, 0.4) is 0 Å². The van der Waals surface area contributed by atoms with Gasteiger partial charge in [-0.05, 0) is 23.1 Å². The molecule has 0 unspecified atom stereocenters. The molecule has 1 N–H and O–H groups in total. The molecule has 1 aromatic rings. The monoisotopic (exact) mass is 340 g/mol. The summed E-state index contributed by atoms with van der Waals surface area (Å²) in [5, 5.41) is 3.32.